The van der Waals surface area contributed by atoms with Gasteiger partial charge in [0.2, 0.25) is 0 Å². The number of carbonyl (C=O) groups excluding carboxylic acids is 1. The number of nitrogens with zero attached hydrogens (tertiary/aromatic N) is 3. The lowest BCUT2D eigenvalue weighted by Crippen LogP contribution is -2.50. The van der Waals surface area contributed by atoms with Crippen LogP contribution >= 0.6 is 0 Å². The molecule has 1 rings (SSSR count). The molecule has 5 heteroatoms. The molecule has 0 bridgehead atoms. The zero-order chi connectivity index (χ0) is 27.1. The average molecular weight is 492 g/mol. The van der Waals surface area contributed by atoms with Gasteiger partial charge in [0.05, 0.1) is 0 Å². The minimum atomic E-state index is -0.411. The molecular weight excluding hydrogens is 434 g/mol. The Hall–Kier alpha value is -1.59. The first-order chi connectivity index (χ1) is 16.2. The Bertz CT molecular complexity index is 647. The summed E-state index contributed by atoms with van der Waals surface area (Å²) in [5.41, 5.74) is 1.16. The third-order valence-electron chi connectivity index (χ3n) is 6.12. The van der Waals surface area contributed by atoms with Crippen molar-refractivity contribution in [2.24, 2.45) is 11.3 Å². The van der Waals surface area contributed by atoms with Crippen LogP contribution in [0.2, 0.25) is 0 Å². The van der Waals surface area contributed by atoms with Gasteiger partial charge in [-0.3, -0.25) is 4.90 Å². The van der Waals surface area contributed by atoms with Gasteiger partial charge in [-0.25, -0.2) is 4.79 Å². The number of hydrogen-bond acceptors (Lipinski definition) is 4. The van der Waals surface area contributed by atoms with Crippen molar-refractivity contribution in [1.29, 1.82) is 0 Å². The number of hydrogen-bond donors (Lipinski definition) is 0. The predicted octanol–water partition coefficient (Wildman–Crippen LogP) is 7.02. The van der Waals surface area contributed by atoms with Crippen LogP contribution in [0, 0.1) is 11.3 Å². The van der Waals surface area contributed by atoms with E-state index < -0.39 is 5.60 Å². The van der Waals surface area contributed by atoms with Gasteiger partial charge >= 0.3 is 6.09 Å². The Morgan fingerprint density at radius 2 is 1.66 bits per heavy atom. The molecule has 1 fully saturated rings. The lowest BCUT2D eigenvalue weighted by Gasteiger charge is -2.35. The molecule has 0 aromatic heterocycles. The minimum absolute atomic E-state index is 0.201. The molecular formula is C30H57N3O2. The van der Waals surface area contributed by atoms with Gasteiger partial charge in [0.1, 0.15) is 5.60 Å². The lowest BCUT2D eigenvalue weighted by molar-refractivity contribution is 0.0152. The van der Waals surface area contributed by atoms with E-state index in [0.29, 0.717) is 5.41 Å². The van der Waals surface area contributed by atoms with Crippen LogP contribution in [0.15, 0.2) is 36.5 Å². The summed E-state index contributed by atoms with van der Waals surface area (Å²) >= 11 is 0. The zero-order valence-corrected chi connectivity index (χ0v) is 24.8. The topological polar surface area (TPSA) is 36.0 Å². The van der Waals surface area contributed by atoms with Crippen LogP contribution in [0.25, 0.3) is 0 Å². The molecule has 0 saturated carbocycles. The Morgan fingerprint density at radius 3 is 2.11 bits per heavy atom. The first kappa shape index (κ1) is 33.4. The normalized spacial score (nSPS) is 16.5. The maximum Gasteiger partial charge on any atom is 0.410 e. The standard InChI is InChI=1S/C17H33N.C13H24N2O2/c1-7-9-10-11-12-14-18(13-8-2)15-16(3)17(4,5)6;1-11(2)10-14-6-8-15(9-7-14)12(16)17-13(3,4)5/h7,9-11,16H,8,12-15H2,1-6H3;1,6-10H2,2-5H3/b9-7-,11-10-;. The van der Waals surface area contributed by atoms with Crippen LogP contribution in [0.4, 0.5) is 4.79 Å². The van der Waals surface area contributed by atoms with Crippen molar-refractivity contribution in [2.45, 2.75) is 87.7 Å². The van der Waals surface area contributed by atoms with E-state index in [4.69, 9.17) is 4.74 Å². The van der Waals surface area contributed by atoms with E-state index in [1.165, 1.54) is 26.1 Å². The van der Waals surface area contributed by atoms with Crippen molar-refractivity contribution in [1.82, 2.24) is 14.7 Å². The first-order valence-corrected chi connectivity index (χ1v) is 13.5. The molecule has 1 aliphatic rings. The smallest absolute Gasteiger partial charge is 0.410 e. The SMILES string of the molecule is C/C=C\C=C/CCN(CCC)CC(C)C(C)(C)C.C=C(C)CN1CCN(C(=O)OC(C)(C)C)CC1. The summed E-state index contributed by atoms with van der Waals surface area (Å²) in [6.45, 7) is 33.1. The Kier molecular flexibility index (Phi) is 16.2. The van der Waals surface area contributed by atoms with Crippen molar-refractivity contribution in [3.63, 3.8) is 0 Å². The Labute approximate surface area is 218 Å². The molecule has 5 nitrogen and oxygen atoms in total. The Balaban J connectivity index is 0.000000661. The van der Waals surface area contributed by atoms with E-state index in [9.17, 15) is 4.79 Å². The highest BCUT2D eigenvalue weighted by Gasteiger charge is 2.25. The quantitative estimate of drug-likeness (QED) is 0.243. The van der Waals surface area contributed by atoms with E-state index in [-0.39, 0.29) is 6.09 Å². The molecule has 0 aromatic rings. The maximum absolute atomic E-state index is 11.8. The van der Waals surface area contributed by atoms with E-state index in [2.05, 4.69) is 82.2 Å². The fraction of sp³-hybridized carbons (Fsp3) is 0.767. The third kappa shape index (κ3) is 17.5. The fourth-order valence-corrected chi connectivity index (χ4v) is 3.61. The molecule has 204 valence electrons. The monoisotopic (exact) mass is 491 g/mol. The van der Waals surface area contributed by atoms with Gasteiger partial charge in [0.25, 0.3) is 0 Å². The van der Waals surface area contributed by atoms with Crippen LogP contribution in [0.1, 0.15) is 82.1 Å². The number of piperazine rings is 1. The average Bonchev–Trinajstić information content (AvgIpc) is 2.72. The van der Waals surface area contributed by atoms with Crippen molar-refractivity contribution < 1.29 is 9.53 Å². The largest absolute Gasteiger partial charge is 0.444 e. The Morgan fingerprint density at radius 1 is 1.06 bits per heavy atom. The summed E-state index contributed by atoms with van der Waals surface area (Å²) in [6.07, 6.45) is 10.8. The lowest BCUT2D eigenvalue weighted by atomic mass is 9.82. The molecule has 0 spiro atoms. The minimum Gasteiger partial charge on any atom is -0.444 e. The van der Waals surface area contributed by atoms with E-state index in [1.807, 2.05) is 27.7 Å². The molecule has 1 aliphatic heterocycles. The molecule has 1 heterocycles. The summed E-state index contributed by atoms with van der Waals surface area (Å²) in [5, 5.41) is 0. The van der Waals surface area contributed by atoms with Crippen molar-refractivity contribution in [2.75, 3.05) is 52.4 Å². The number of carbonyl (C=O) groups is 1. The van der Waals surface area contributed by atoms with Gasteiger partial charge in [-0.1, -0.05) is 71.1 Å². The summed E-state index contributed by atoms with van der Waals surface area (Å²) < 4.78 is 5.34. The zero-order valence-electron chi connectivity index (χ0n) is 24.8. The molecule has 1 saturated heterocycles. The van der Waals surface area contributed by atoms with Gasteiger partial charge < -0.3 is 14.5 Å². The highest BCUT2D eigenvalue weighted by Crippen LogP contribution is 2.26. The summed E-state index contributed by atoms with van der Waals surface area (Å²) in [5.74, 6) is 0.739. The second-order valence-corrected chi connectivity index (χ2v) is 12.0. The number of amides is 1. The second-order valence-electron chi connectivity index (χ2n) is 12.0. The van der Waals surface area contributed by atoms with Crippen LogP contribution in [0.5, 0.6) is 0 Å². The van der Waals surface area contributed by atoms with Crippen molar-refractivity contribution >= 4 is 6.09 Å². The summed E-state index contributed by atoms with van der Waals surface area (Å²) in [7, 11) is 0. The van der Waals surface area contributed by atoms with Crippen LogP contribution in [0.3, 0.4) is 0 Å². The van der Waals surface area contributed by atoms with Gasteiger partial charge in [0, 0.05) is 45.8 Å². The van der Waals surface area contributed by atoms with E-state index >= 15 is 0 Å². The van der Waals surface area contributed by atoms with Gasteiger partial charge in [0.15, 0.2) is 0 Å². The van der Waals surface area contributed by atoms with Gasteiger partial charge in [-0.2, -0.15) is 0 Å². The summed E-state index contributed by atoms with van der Waals surface area (Å²) in [4.78, 5) is 18.5. The van der Waals surface area contributed by atoms with Gasteiger partial charge in [-0.15, -0.1) is 0 Å². The molecule has 1 atom stereocenters. The molecule has 1 unspecified atom stereocenters. The van der Waals surface area contributed by atoms with Crippen molar-refractivity contribution in [3.8, 4) is 0 Å². The highest BCUT2D eigenvalue weighted by molar-refractivity contribution is 5.68. The number of rotatable bonds is 10. The molecule has 35 heavy (non-hydrogen) atoms. The number of allylic oxidation sites excluding steroid dienone is 3. The molecule has 1 amide bonds. The van der Waals surface area contributed by atoms with Crippen LogP contribution in [-0.4, -0.2) is 78.8 Å². The fourth-order valence-electron chi connectivity index (χ4n) is 3.61. The van der Waals surface area contributed by atoms with Gasteiger partial charge in [-0.05, 0) is 65.3 Å². The van der Waals surface area contributed by atoms with Crippen molar-refractivity contribution in [3.05, 3.63) is 36.5 Å². The molecule has 0 aliphatic carbocycles. The third-order valence-corrected chi connectivity index (χ3v) is 6.12. The van der Waals surface area contributed by atoms with Crippen LogP contribution < -0.4 is 0 Å². The van der Waals surface area contributed by atoms with E-state index in [1.54, 1.807) is 4.90 Å². The number of ether oxygens (including phenoxy) is 1. The molecule has 0 N–H and O–H groups in total. The maximum atomic E-state index is 11.8. The molecule has 0 aromatic carbocycles. The van der Waals surface area contributed by atoms with Crippen LogP contribution in [-0.2, 0) is 4.74 Å². The van der Waals surface area contributed by atoms with E-state index in [0.717, 1.165) is 50.6 Å². The molecule has 0 radical (unpaired) electrons. The first-order valence-electron chi connectivity index (χ1n) is 13.5. The predicted molar refractivity (Wildman–Crippen MR) is 153 cm³/mol. The highest BCUT2D eigenvalue weighted by atomic mass is 16.6. The summed E-state index contributed by atoms with van der Waals surface area (Å²) in [6, 6.07) is 0. The second kappa shape index (κ2) is 17.0.